The van der Waals surface area contributed by atoms with E-state index in [4.69, 9.17) is 5.73 Å². The minimum Gasteiger partial charge on any atom is -0.384 e. The fourth-order valence-corrected chi connectivity index (χ4v) is 1.22. The highest BCUT2D eigenvalue weighted by molar-refractivity contribution is 5.42. The lowest BCUT2D eigenvalue weighted by molar-refractivity contribution is 0.604. The summed E-state index contributed by atoms with van der Waals surface area (Å²) in [6.45, 7) is 1.93. The second-order valence-corrected chi connectivity index (χ2v) is 3.28. The molecular formula is C9H11FN6. The average molecular weight is 222 g/mol. The zero-order chi connectivity index (χ0) is 11.5. The van der Waals surface area contributed by atoms with Crippen molar-refractivity contribution in [2.75, 3.05) is 11.1 Å². The molecule has 0 radical (unpaired) electrons. The predicted molar refractivity (Wildman–Crippen MR) is 57.1 cm³/mol. The van der Waals surface area contributed by atoms with Gasteiger partial charge in [-0.25, -0.2) is 14.4 Å². The molecule has 84 valence electrons. The first-order valence-corrected chi connectivity index (χ1v) is 4.67. The Kier molecular flexibility index (Phi) is 2.67. The Hall–Kier alpha value is -2.18. The zero-order valence-corrected chi connectivity index (χ0v) is 8.66. The summed E-state index contributed by atoms with van der Waals surface area (Å²) < 4.78 is 13.5. The fraction of sp³-hybridized carbons (Fsp3) is 0.222. The SMILES string of the molecule is Cc1ncnc(NCc2cn[nH]c2N)c1F. The Morgan fingerprint density at radius 2 is 2.31 bits per heavy atom. The van der Waals surface area contributed by atoms with Gasteiger partial charge in [-0.05, 0) is 6.92 Å². The molecule has 2 rings (SSSR count). The predicted octanol–water partition coefficient (Wildman–Crippen LogP) is 0.842. The van der Waals surface area contributed by atoms with Crippen molar-refractivity contribution in [2.24, 2.45) is 0 Å². The number of aromatic nitrogens is 4. The van der Waals surface area contributed by atoms with E-state index < -0.39 is 5.82 Å². The topological polar surface area (TPSA) is 92.5 Å². The molecule has 0 aromatic carbocycles. The monoisotopic (exact) mass is 222 g/mol. The minimum atomic E-state index is -0.454. The summed E-state index contributed by atoms with van der Waals surface area (Å²) >= 11 is 0. The van der Waals surface area contributed by atoms with Crippen molar-refractivity contribution >= 4 is 11.6 Å². The van der Waals surface area contributed by atoms with Crippen LogP contribution in [0.4, 0.5) is 16.0 Å². The molecule has 2 aromatic rings. The largest absolute Gasteiger partial charge is 0.384 e. The van der Waals surface area contributed by atoms with Crippen LogP contribution in [0.25, 0.3) is 0 Å². The molecule has 0 aliphatic heterocycles. The molecule has 0 saturated heterocycles. The maximum absolute atomic E-state index is 13.5. The van der Waals surface area contributed by atoms with Crippen LogP contribution in [0.2, 0.25) is 0 Å². The lowest BCUT2D eigenvalue weighted by Crippen LogP contribution is -2.06. The van der Waals surface area contributed by atoms with Gasteiger partial charge >= 0.3 is 0 Å². The molecule has 2 aromatic heterocycles. The van der Waals surface area contributed by atoms with Gasteiger partial charge in [0.2, 0.25) is 0 Å². The van der Waals surface area contributed by atoms with Crippen LogP contribution in [0.5, 0.6) is 0 Å². The number of nitrogens with one attached hydrogen (secondary N) is 2. The van der Waals surface area contributed by atoms with Gasteiger partial charge in [-0.1, -0.05) is 0 Å². The van der Waals surface area contributed by atoms with Gasteiger partial charge < -0.3 is 11.1 Å². The lowest BCUT2D eigenvalue weighted by Gasteiger charge is -2.06. The van der Waals surface area contributed by atoms with Crippen LogP contribution in [0.1, 0.15) is 11.3 Å². The molecule has 0 saturated carbocycles. The second-order valence-electron chi connectivity index (χ2n) is 3.28. The third-order valence-corrected chi connectivity index (χ3v) is 2.16. The molecule has 6 nitrogen and oxygen atoms in total. The molecule has 0 aliphatic carbocycles. The summed E-state index contributed by atoms with van der Waals surface area (Å²) in [5, 5.41) is 9.18. The molecule has 0 bridgehead atoms. The molecule has 7 heteroatoms. The van der Waals surface area contributed by atoms with E-state index in [1.54, 1.807) is 13.1 Å². The van der Waals surface area contributed by atoms with Crippen molar-refractivity contribution in [2.45, 2.75) is 13.5 Å². The van der Waals surface area contributed by atoms with Gasteiger partial charge in [0, 0.05) is 12.1 Å². The van der Waals surface area contributed by atoms with E-state index in [1.807, 2.05) is 0 Å². The molecule has 0 fully saturated rings. The number of nitrogens with zero attached hydrogens (tertiary/aromatic N) is 3. The molecule has 0 spiro atoms. The minimum absolute atomic E-state index is 0.160. The fourth-order valence-electron chi connectivity index (χ4n) is 1.22. The van der Waals surface area contributed by atoms with Gasteiger partial charge in [0.25, 0.3) is 0 Å². The van der Waals surface area contributed by atoms with Crippen LogP contribution in [0.15, 0.2) is 12.5 Å². The van der Waals surface area contributed by atoms with Crippen molar-refractivity contribution in [1.82, 2.24) is 20.2 Å². The summed E-state index contributed by atoms with van der Waals surface area (Å²) in [5.74, 6) is 0.163. The molecule has 2 heterocycles. The Morgan fingerprint density at radius 1 is 1.50 bits per heavy atom. The first kappa shape index (κ1) is 10.3. The van der Waals surface area contributed by atoms with Crippen LogP contribution in [0.3, 0.4) is 0 Å². The Balaban J connectivity index is 2.11. The van der Waals surface area contributed by atoms with Crippen molar-refractivity contribution in [3.63, 3.8) is 0 Å². The highest BCUT2D eigenvalue weighted by Gasteiger charge is 2.08. The van der Waals surface area contributed by atoms with E-state index in [1.165, 1.54) is 6.33 Å². The average Bonchev–Trinajstić information content (AvgIpc) is 2.67. The van der Waals surface area contributed by atoms with Crippen molar-refractivity contribution in [3.05, 3.63) is 29.6 Å². The van der Waals surface area contributed by atoms with Crippen LogP contribution in [0, 0.1) is 12.7 Å². The van der Waals surface area contributed by atoms with E-state index in [9.17, 15) is 4.39 Å². The van der Waals surface area contributed by atoms with E-state index in [0.29, 0.717) is 18.1 Å². The van der Waals surface area contributed by atoms with E-state index in [2.05, 4.69) is 25.5 Å². The number of hydrogen-bond donors (Lipinski definition) is 3. The van der Waals surface area contributed by atoms with Crippen molar-refractivity contribution < 1.29 is 4.39 Å². The van der Waals surface area contributed by atoms with Crippen LogP contribution >= 0.6 is 0 Å². The summed E-state index contributed by atoms with van der Waals surface area (Å²) in [6.07, 6.45) is 2.88. The first-order chi connectivity index (χ1) is 7.68. The van der Waals surface area contributed by atoms with Gasteiger partial charge in [0.15, 0.2) is 11.6 Å². The Labute approximate surface area is 91.1 Å². The van der Waals surface area contributed by atoms with Gasteiger partial charge in [-0.15, -0.1) is 0 Å². The Morgan fingerprint density at radius 3 is 3.00 bits per heavy atom. The number of nitrogens with two attached hydrogens (primary N) is 1. The standard InChI is InChI=1S/C9H11FN6/c1-5-7(10)9(14-4-13-5)12-2-6-3-15-16-8(6)11/h3-4H,2H2,1H3,(H3,11,15,16)(H,12,13,14). The van der Waals surface area contributed by atoms with Crippen molar-refractivity contribution in [3.8, 4) is 0 Å². The normalized spacial score (nSPS) is 10.4. The Bertz CT molecular complexity index is 494. The van der Waals surface area contributed by atoms with Gasteiger partial charge in [-0.3, -0.25) is 5.10 Å². The molecule has 4 N–H and O–H groups in total. The van der Waals surface area contributed by atoms with Gasteiger partial charge in [-0.2, -0.15) is 5.10 Å². The lowest BCUT2D eigenvalue weighted by atomic mass is 10.3. The van der Waals surface area contributed by atoms with E-state index >= 15 is 0 Å². The van der Waals surface area contributed by atoms with Gasteiger partial charge in [0.05, 0.1) is 11.9 Å². The smallest absolute Gasteiger partial charge is 0.186 e. The zero-order valence-electron chi connectivity index (χ0n) is 8.66. The number of anilines is 2. The number of aromatic amines is 1. The third-order valence-electron chi connectivity index (χ3n) is 2.16. The number of hydrogen-bond acceptors (Lipinski definition) is 5. The second kappa shape index (κ2) is 4.13. The van der Waals surface area contributed by atoms with Crippen molar-refractivity contribution in [1.29, 1.82) is 0 Å². The third kappa shape index (κ3) is 1.92. The molecule has 0 unspecified atom stereocenters. The quantitative estimate of drug-likeness (QED) is 0.715. The molecular weight excluding hydrogens is 211 g/mol. The molecule has 0 atom stereocenters. The van der Waals surface area contributed by atoms with E-state index in [0.717, 1.165) is 5.56 Å². The molecule has 16 heavy (non-hydrogen) atoms. The van der Waals surface area contributed by atoms with Crippen LogP contribution in [-0.2, 0) is 6.54 Å². The van der Waals surface area contributed by atoms with Crippen LogP contribution in [-0.4, -0.2) is 20.2 Å². The van der Waals surface area contributed by atoms with E-state index in [-0.39, 0.29) is 5.82 Å². The number of halogens is 1. The number of aryl methyl sites for hydroxylation is 1. The summed E-state index contributed by atoms with van der Waals surface area (Å²) in [4.78, 5) is 7.53. The van der Waals surface area contributed by atoms with Gasteiger partial charge in [0.1, 0.15) is 12.1 Å². The maximum atomic E-state index is 13.5. The number of rotatable bonds is 3. The first-order valence-electron chi connectivity index (χ1n) is 4.67. The van der Waals surface area contributed by atoms with Crippen LogP contribution < -0.4 is 11.1 Å². The highest BCUT2D eigenvalue weighted by Crippen LogP contribution is 2.14. The maximum Gasteiger partial charge on any atom is 0.186 e. The number of nitrogen functional groups attached to an aromatic ring is 1. The summed E-state index contributed by atoms with van der Waals surface area (Å²) in [7, 11) is 0. The molecule has 0 amide bonds. The summed E-state index contributed by atoms with van der Waals surface area (Å²) in [5.41, 5.74) is 6.65. The highest BCUT2D eigenvalue weighted by atomic mass is 19.1. The summed E-state index contributed by atoms with van der Waals surface area (Å²) in [6, 6.07) is 0. The number of H-pyrrole nitrogens is 1. The molecule has 0 aliphatic rings.